The molecule has 0 bridgehead atoms. The van der Waals surface area contributed by atoms with E-state index in [2.05, 4.69) is 26.6 Å². The van der Waals surface area contributed by atoms with E-state index >= 15 is 0 Å². The van der Waals surface area contributed by atoms with Gasteiger partial charge in [-0.2, -0.15) is 0 Å². The van der Waals surface area contributed by atoms with Gasteiger partial charge in [0, 0.05) is 17.1 Å². The lowest BCUT2D eigenvalue weighted by Gasteiger charge is -2.26. The Hall–Kier alpha value is -1.56. The van der Waals surface area contributed by atoms with E-state index in [0.29, 0.717) is 19.4 Å². The second-order valence-corrected chi connectivity index (χ2v) is 6.48. The smallest absolute Gasteiger partial charge is 0.315 e. The molecule has 1 aliphatic rings. The van der Waals surface area contributed by atoms with Gasteiger partial charge in [-0.3, -0.25) is 4.79 Å². The number of carbonyl (C=O) groups is 2. The zero-order chi connectivity index (χ0) is 15.9. The van der Waals surface area contributed by atoms with Crippen LogP contribution in [0.1, 0.15) is 31.2 Å². The molecule has 1 aromatic rings. The maximum absolute atomic E-state index is 11.9. The summed E-state index contributed by atoms with van der Waals surface area (Å²) in [5.41, 5.74) is 1.16. The van der Waals surface area contributed by atoms with Crippen molar-refractivity contribution in [2.45, 2.75) is 38.1 Å². The maximum Gasteiger partial charge on any atom is 0.315 e. The summed E-state index contributed by atoms with van der Waals surface area (Å²) in [6.07, 6.45) is 3.50. The molecule has 6 heteroatoms. The minimum atomic E-state index is -0.726. The quantitative estimate of drug-likeness (QED) is 0.747. The molecule has 0 aliphatic heterocycles. The summed E-state index contributed by atoms with van der Waals surface area (Å²) in [4.78, 5) is 22.7. The highest BCUT2D eigenvalue weighted by Gasteiger charge is 2.26. The number of halogens is 1. The van der Waals surface area contributed by atoms with Gasteiger partial charge in [-0.05, 0) is 43.7 Å². The summed E-state index contributed by atoms with van der Waals surface area (Å²) < 4.78 is 1.05. The topological polar surface area (TPSA) is 78.4 Å². The van der Waals surface area contributed by atoms with E-state index in [-0.39, 0.29) is 18.0 Å². The van der Waals surface area contributed by atoms with E-state index in [9.17, 15) is 9.59 Å². The summed E-state index contributed by atoms with van der Waals surface area (Å²) in [5, 5.41) is 14.7. The Bertz CT molecular complexity index is 528. The number of carbonyl (C=O) groups excluding carboxylic acids is 1. The average molecular weight is 369 g/mol. The number of rotatable bonds is 5. The standard InChI is InChI=1S/C16H21BrN2O3/c17-14-4-2-1-3-11(14)9-10-18-16(22)19-13-7-5-12(6-8-13)15(20)21/h1-4,12-13H,5-10H2,(H,20,21)(H2,18,19,22). The predicted octanol–water partition coefficient (Wildman–Crippen LogP) is 2.93. The highest BCUT2D eigenvalue weighted by Crippen LogP contribution is 2.24. The Morgan fingerprint density at radius 1 is 1.18 bits per heavy atom. The molecule has 1 saturated carbocycles. The Morgan fingerprint density at radius 3 is 2.50 bits per heavy atom. The van der Waals surface area contributed by atoms with Crippen LogP contribution < -0.4 is 10.6 Å². The van der Waals surface area contributed by atoms with Gasteiger partial charge in [-0.25, -0.2) is 4.79 Å². The van der Waals surface area contributed by atoms with Crippen LogP contribution >= 0.6 is 15.9 Å². The number of carboxylic acids is 1. The number of nitrogens with one attached hydrogen (secondary N) is 2. The molecule has 1 aromatic carbocycles. The van der Waals surface area contributed by atoms with Crippen LogP contribution in [0, 0.1) is 5.92 Å². The molecule has 2 rings (SSSR count). The minimum absolute atomic E-state index is 0.0825. The van der Waals surface area contributed by atoms with E-state index in [0.717, 1.165) is 29.3 Å². The number of benzene rings is 1. The van der Waals surface area contributed by atoms with Crippen LogP contribution in [0.5, 0.6) is 0 Å². The Labute approximate surface area is 138 Å². The Kier molecular flexibility index (Phi) is 6.24. The minimum Gasteiger partial charge on any atom is -0.481 e. The first-order valence-electron chi connectivity index (χ1n) is 7.57. The van der Waals surface area contributed by atoms with Gasteiger partial charge >= 0.3 is 12.0 Å². The molecule has 0 aromatic heterocycles. The molecule has 1 aliphatic carbocycles. The zero-order valence-corrected chi connectivity index (χ0v) is 13.9. The number of urea groups is 1. The number of carboxylic acid groups (broad SMARTS) is 1. The number of hydrogen-bond donors (Lipinski definition) is 3. The van der Waals surface area contributed by atoms with E-state index < -0.39 is 5.97 Å². The summed E-state index contributed by atoms with van der Waals surface area (Å²) >= 11 is 3.48. The van der Waals surface area contributed by atoms with Crippen molar-refractivity contribution in [3.8, 4) is 0 Å². The molecule has 0 atom stereocenters. The van der Waals surface area contributed by atoms with E-state index in [1.807, 2.05) is 24.3 Å². The van der Waals surface area contributed by atoms with Crippen LogP contribution in [0.25, 0.3) is 0 Å². The van der Waals surface area contributed by atoms with Gasteiger partial charge in [0.2, 0.25) is 0 Å². The SMILES string of the molecule is O=C(NCCc1ccccc1Br)NC1CCC(C(=O)O)CC1. The molecule has 120 valence electrons. The molecule has 0 heterocycles. The molecule has 1 fully saturated rings. The van der Waals surface area contributed by atoms with Crippen molar-refractivity contribution in [1.82, 2.24) is 10.6 Å². The van der Waals surface area contributed by atoms with Crippen molar-refractivity contribution in [2.24, 2.45) is 5.92 Å². The van der Waals surface area contributed by atoms with Crippen molar-refractivity contribution >= 4 is 27.9 Å². The van der Waals surface area contributed by atoms with Crippen LogP contribution in [0.3, 0.4) is 0 Å². The molecule has 0 spiro atoms. The maximum atomic E-state index is 11.9. The van der Waals surface area contributed by atoms with E-state index in [1.54, 1.807) is 0 Å². The first-order chi connectivity index (χ1) is 10.6. The van der Waals surface area contributed by atoms with Gasteiger partial charge in [-0.15, -0.1) is 0 Å². The van der Waals surface area contributed by atoms with Crippen molar-refractivity contribution in [3.05, 3.63) is 34.3 Å². The average Bonchev–Trinajstić information content (AvgIpc) is 2.50. The van der Waals surface area contributed by atoms with Crippen LogP contribution in [-0.4, -0.2) is 29.7 Å². The molecule has 0 radical (unpaired) electrons. The fourth-order valence-electron chi connectivity index (χ4n) is 2.73. The van der Waals surface area contributed by atoms with Gasteiger partial charge in [0.25, 0.3) is 0 Å². The highest BCUT2D eigenvalue weighted by molar-refractivity contribution is 9.10. The fraction of sp³-hybridized carbons (Fsp3) is 0.500. The van der Waals surface area contributed by atoms with Gasteiger partial charge in [0.05, 0.1) is 5.92 Å². The molecule has 22 heavy (non-hydrogen) atoms. The fourth-order valence-corrected chi connectivity index (χ4v) is 3.22. The van der Waals surface area contributed by atoms with Crippen molar-refractivity contribution in [2.75, 3.05) is 6.54 Å². The lowest BCUT2D eigenvalue weighted by molar-refractivity contribution is -0.142. The highest BCUT2D eigenvalue weighted by atomic mass is 79.9. The molecule has 0 unspecified atom stereocenters. The molecular weight excluding hydrogens is 348 g/mol. The van der Waals surface area contributed by atoms with Gasteiger partial charge in [0.1, 0.15) is 0 Å². The summed E-state index contributed by atoms with van der Waals surface area (Å²) in [7, 11) is 0. The monoisotopic (exact) mass is 368 g/mol. The van der Waals surface area contributed by atoms with Crippen LogP contribution in [-0.2, 0) is 11.2 Å². The third kappa shape index (κ3) is 5.02. The van der Waals surface area contributed by atoms with Crippen molar-refractivity contribution < 1.29 is 14.7 Å². The van der Waals surface area contributed by atoms with Crippen LogP contribution in [0.15, 0.2) is 28.7 Å². The number of aliphatic carboxylic acids is 1. The van der Waals surface area contributed by atoms with Gasteiger partial charge in [-0.1, -0.05) is 34.1 Å². The first-order valence-corrected chi connectivity index (χ1v) is 8.36. The van der Waals surface area contributed by atoms with Crippen molar-refractivity contribution in [3.63, 3.8) is 0 Å². The number of amides is 2. The van der Waals surface area contributed by atoms with Crippen molar-refractivity contribution in [1.29, 1.82) is 0 Å². The predicted molar refractivity (Wildman–Crippen MR) is 87.8 cm³/mol. The van der Waals surface area contributed by atoms with Crippen LogP contribution in [0.4, 0.5) is 4.79 Å². The van der Waals surface area contributed by atoms with E-state index in [1.165, 1.54) is 0 Å². The molecule has 2 amide bonds. The lowest BCUT2D eigenvalue weighted by Crippen LogP contribution is -2.44. The molecule has 5 nitrogen and oxygen atoms in total. The Balaban J connectivity index is 1.66. The third-order valence-corrected chi connectivity index (χ3v) is 4.82. The second kappa shape index (κ2) is 8.17. The third-order valence-electron chi connectivity index (χ3n) is 4.05. The van der Waals surface area contributed by atoms with Gasteiger partial charge < -0.3 is 15.7 Å². The molecular formula is C16H21BrN2O3. The number of hydrogen-bond acceptors (Lipinski definition) is 2. The second-order valence-electron chi connectivity index (χ2n) is 5.63. The summed E-state index contributed by atoms with van der Waals surface area (Å²) in [6, 6.07) is 7.85. The Morgan fingerprint density at radius 2 is 1.86 bits per heavy atom. The lowest BCUT2D eigenvalue weighted by atomic mass is 9.86. The molecule has 0 saturated heterocycles. The summed E-state index contributed by atoms with van der Waals surface area (Å²) in [6.45, 7) is 0.568. The van der Waals surface area contributed by atoms with Crippen LogP contribution in [0.2, 0.25) is 0 Å². The first kappa shape index (κ1) is 16.8. The normalized spacial score (nSPS) is 21.1. The summed E-state index contributed by atoms with van der Waals surface area (Å²) in [5.74, 6) is -0.979. The zero-order valence-electron chi connectivity index (χ0n) is 12.3. The largest absolute Gasteiger partial charge is 0.481 e. The van der Waals surface area contributed by atoms with Gasteiger partial charge in [0.15, 0.2) is 0 Å². The van der Waals surface area contributed by atoms with E-state index in [4.69, 9.17) is 5.11 Å². The molecule has 3 N–H and O–H groups in total.